The molecule has 0 spiro atoms. The highest BCUT2D eigenvalue weighted by Gasteiger charge is 2.26. The van der Waals surface area contributed by atoms with Gasteiger partial charge in [-0.05, 0) is 76.5 Å². The highest BCUT2D eigenvalue weighted by molar-refractivity contribution is 9.10. The zero-order valence-corrected chi connectivity index (χ0v) is 17.0. The van der Waals surface area contributed by atoms with Gasteiger partial charge in [0, 0.05) is 34.4 Å². The van der Waals surface area contributed by atoms with Crippen molar-refractivity contribution in [1.29, 1.82) is 0 Å². The molecule has 2 aliphatic rings. The van der Waals surface area contributed by atoms with Crippen molar-refractivity contribution in [1.82, 2.24) is 9.88 Å². The third-order valence-corrected chi connectivity index (χ3v) is 5.97. The van der Waals surface area contributed by atoms with Gasteiger partial charge in [0.25, 0.3) is 5.91 Å². The predicted octanol–water partition coefficient (Wildman–Crippen LogP) is 4.22. The number of aromatic nitrogens is 1. The number of rotatable bonds is 1. The lowest BCUT2D eigenvalue weighted by Gasteiger charge is -2.29. The fourth-order valence-corrected chi connectivity index (χ4v) is 4.56. The summed E-state index contributed by atoms with van der Waals surface area (Å²) in [5, 5.41) is 0.740. The van der Waals surface area contributed by atoms with E-state index in [2.05, 4.69) is 28.1 Å². The van der Waals surface area contributed by atoms with Gasteiger partial charge in [0.05, 0.1) is 5.69 Å². The fourth-order valence-electron chi connectivity index (χ4n) is 3.99. The molecule has 27 heavy (non-hydrogen) atoms. The number of hydrogen-bond donors (Lipinski definition) is 0. The Morgan fingerprint density at radius 1 is 1.11 bits per heavy atom. The lowest BCUT2D eigenvalue weighted by molar-refractivity contribution is -0.139. The van der Waals surface area contributed by atoms with Crippen molar-refractivity contribution in [2.45, 2.75) is 25.7 Å². The SMILES string of the molecule is O=CC(=O)N1CCC(=C2c3ccc(Cl)cc3CCc3cc(Br)cnc32)CC1. The molecule has 0 unspecified atom stereocenters. The Labute approximate surface area is 171 Å². The molecule has 1 aliphatic heterocycles. The maximum atomic E-state index is 11.7. The monoisotopic (exact) mass is 444 g/mol. The van der Waals surface area contributed by atoms with Gasteiger partial charge in [0.1, 0.15) is 0 Å². The summed E-state index contributed by atoms with van der Waals surface area (Å²) in [7, 11) is 0. The molecular formula is C21H18BrClN2O2. The Morgan fingerprint density at radius 3 is 2.59 bits per heavy atom. The highest BCUT2D eigenvalue weighted by atomic mass is 79.9. The summed E-state index contributed by atoms with van der Waals surface area (Å²) in [6.07, 6.45) is 5.54. The predicted molar refractivity (Wildman–Crippen MR) is 109 cm³/mol. The molecule has 2 aromatic rings. The molecule has 1 aromatic carbocycles. The molecule has 1 fully saturated rings. The Morgan fingerprint density at radius 2 is 1.85 bits per heavy atom. The lowest BCUT2D eigenvalue weighted by Crippen LogP contribution is -2.37. The van der Waals surface area contributed by atoms with E-state index in [4.69, 9.17) is 16.6 Å². The first-order valence-electron chi connectivity index (χ1n) is 8.96. The Bertz CT molecular complexity index is 905. The average Bonchev–Trinajstić information content (AvgIpc) is 2.83. The van der Waals surface area contributed by atoms with Crippen molar-refractivity contribution in [2.24, 2.45) is 0 Å². The van der Waals surface area contributed by atoms with Crippen LogP contribution in [0.1, 0.15) is 35.2 Å². The number of pyridine rings is 1. The van der Waals surface area contributed by atoms with Gasteiger partial charge in [0.15, 0.2) is 0 Å². The molecule has 0 atom stereocenters. The molecule has 1 aliphatic carbocycles. The van der Waals surface area contributed by atoms with Crippen LogP contribution in [0.5, 0.6) is 0 Å². The van der Waals surface area contributed by atoms with Gasteiger partial charge in [-0.1, -0.05) is 23.2 Å². The van der Waals surface area contributed by atoms with Crippen LogP contribution in [0.4, 0.5) is 0 Å². The number of aldehydes is 1. The van der Waals surface area contributed by atoms with E-state index < -0.39 is 5.91 Å². The number of likely N-dealkylation sites (tertiary alicyclic amines) is 1. The van der Waals surface area contributed by atoms with Crippen molar-refractivity contribution >= 4 is 45.3 Å². The van der Waals surface area contributed by atoms with Gasteiger partial charge < -0.3 is 4.90 Å². The normalized spacial score (nSPS) is 16.4. The summed E-state index contributed by atoms with van der Waals surface area (Å²) in [4.78, 5) is 28.8. The van der Waals surface area contributed by atoms with Gasteiger partial charge in [-0.3, -0.25) is 14.6 Å². The third kappa shape index (κ3) is 3.58. The lowest BCUT2D eigenvalue weighted by atomic mass is 9.88. The molecule has 0 bridgehead atoms. The van der Waals surface area contributed by atoms with Gasteiger partial charge in [0.2, 0.25) is 6.29 Å². The minimum Gasteiger partial charge on any atom is -0.336 e. The number of aryl methyl sites for hydroxylation is 2. The number of benzene rings is 1. The van der Waals surface area contributed by atoms with Crippen molar-refractivity contribution in [3.05, 3.63) is 67.9 Å². The van der Waals surface area contributed by atoms with Crippen LogP contribution in [0.3, 0.4) is 0 Å². The maximum absolute atomic E-state index is 11.7. The summed E-state index contributed by atoms with van der Waals surface area (Å²) in [6.45, 7) is 1.12. The molecule has 1 aromatic heterocycles. The van der Waals surface area contributed by atoms with E-state index in [0.29, 0.717) is 19.4 Å². The summed E-state index contributed by atoms with van der Waals surface area (Å²) >= 11 is 9.79. The summed E-state index contributed by atoms with van der Waals surface area (Å²) in [5.41, 5.74) is 7.09. The zero-order chi connectivity index (χ0) is 19.0. The van der Waals surface area contributed by atoms with E-state index in [0.717, 1.165) is 40.9 Å². The maximum Gasteiger partial charge on any atom is 0.286 e. The first kappa shape index (κ1) is 18.4. The number of hydrogen-bond acceptors (Lipinski definition) is 3. The van der Waals surface area contributed by atoms with Crippen molar-refractivity contribution in [2.75, 3.05) is 13.1 Å². The Kier molecular flexibility index (Phi) is 5.15. The third-order valence-electron chi connectivity index (χ3n) is 5.30. The number of carbonyl (C=O) groups excluding carboxylic acids is 2. The average molecular weight is 446 g/mol. The van der Waals surface area contributed by atoms with Crippen LogP contribution in [0.2, 0.25) is 5.02 Å². The van der Waals surface area contributed by atoms with Crippen LogP contribution in [0.15, 0.2) is 40.5 Å². The molecule has 0 radical (unpaired) electrons. The van der Waals surface area contributed by atoms with Crippen molar-refractivity contribution < 1.29 is 9.59 Å². The van der Waals surface area contributed by atoms with Gasteiger partial charge >= 0.3 is 0 Å². The molecule has 0 N–H and O–H groups in total. The van der Waals surface area contributed by atoms with E-state index in [1.165, 1.54) is 27.8 Å². The van der Waals surface area contributed by atoms with Gasteiger partial charge in [-0.25, -0.2) is 0 Å². The van der Waals surface area contributed by atoms with Crippen LogP contribution >= 0.6 is 27.5 Å². The standard InChI is InChI=1S/C21H18BrClN2O2/c22-16-9-15-2-1-14-10-17(23)3-4-18(14)20(21(15)24-11-16)13-5-7-25(8-6-13)19(27)12-26/h3-4,9-12H,1-2,5-8H2. The summed E-state index contributed by atoms with van der Waals surface area (Å²) < 4.78 is 0.973. The molecule has 2 heterocycles. The van der Waals surface area contributed by atoms with Crippen LogP contribution in [0, 0.1) is 0 Å². The first-order chi connectivity index (χ1) is 13.1. The Balaban J connectivity index is 1.84. The smallest absolute Gasteiger partial charge is 0.286 e. The molecule has 138 valence electrons. The quantitative estimate of drug-likeness (QED) is 0.488. The van der Waals surface area contributed by atoms with Crippen LogP contribution in [-0.2, 0) is 22.4 Å². The topological polar surface area (TPSA) is 50.3 Å². The molecule has 1 amide bonds. The zero-order valence-electron chi connectivity index (χ0n) is 14.7. The number of fused-ring (bicyclic) bond motifs is 2. The second-order valence-corrected chi connectivity index (χ2v) is 8.24. The highest BCUT2D eigenvalue weighted by Crippen LogP contribution is 2.39. The number of halogens is 2. The molecule has 4 nitrogen and oxygen atoms in total. The molecule has 1 saturated heterocycles. The van der Waals surface area contributed by atoms with Crippen molar-refractivity contribution in [3.8, 4) is 0 Å². The van der Waals surface area contributed by atoms with E-state index in [-0.39, 0.29) is 0 Å². The minimum absolute atomic E-state index is 0.398. The second kappa shape index (κ2) is 7.56. The van der Waals surface area contributed by atoms with Crippen LogP contribution in [0.25, 0.3) is 5.57 Å². The summed E-state index contributed by atoms with van der Waals surface area (Å²) in [6, 6.07) is 8.20. The number of nitrogens with zero attached hydrogens (tertiary/aromatic N) is 2. The Hall–Kier alpha value is -1.98. The van der Waals surface area contributed by atoms with E-state index >= 15 is 0 Å². The van der Waals surface area contributed by atoms with Crippen LogP contribution in [-0.4, -0.2) is 35.2 Å². The summed E-state index contributed by atoms with van der Waals surface area (Å²) in [5.74, 6) is -0.436. The van der Waals surface area contributed by atoms with Gasteiger partial charge in [-0.2, -0.15) is 0 Å². The number of piperidine rings is 1. The van der Waals surface area contributed by atoms with E-state index in [1.54, 1.807) is 4.90 Å². The largest absolute Gasteiger partial charge is 0.336 e. The minimum atomic E-state index is -0.436. The molecular weight excluding hydrogens is 428 g/mol. The molecule has 4 rings (SSSR count). The van der Waals surface area contributed by atoms with E-state index in [1.807, 2.05) is 18.3 Å². The van der Waals surface area contributed by atoms with Gasteiger partial charge in [-0.15, -0.1) is 0 Å². The number of carbonyl (C=O) groups is 2. The molecule has 0 saturated carbocycles. The van der Waals surface area contributed by atoms with E-state index in [9.17, 15) is 9.59 Å². The molecule has 6 heteroatoms. The number of amides is 1. The first-order valence-corrected chi connectivity index (χ1v) is 10.1. The fraction of sp³-hybridized carbons (Fsp3) is 0.286. The van der Waals surface area contributed by atoms with Crippen LogP contribution < -0.4 is 0 Å². The second-order valence-electron chi connectivity index (χ2n) is 6.88. The van der Waals surface area contributed by atoms with Crippen molar-refractivity contribution in [3.63, 3.8) is 0 Å².